The predicted octanol–water partition coefficient (Wildman–Crippen LogP) is 4.02. The summed E-state index contributed by atoms with van der Waals surface area (Å²) >= 11 is 0. The first-order chi connectivity index (χ1) is 12.3. The zero-order chi connectivity index (χ0) is 17.1. The van der Waals surface area contributed by atoms with Crippen molar-refractivity contribution in [2.45, 2.75) is 32.1 Å². The molecule has 0 saturated heterocycles. The lowest BCUT2D eigenvalue weighted by molar-refractivity contribution is 0.836. The Labute approximate surface area is 148 Å². The number of nitrogens with two attached hydrogens (primary N) is 1. The van der Waals surface area contributed by atoms with E-state index in [9.17, 15) is 0 Å². The van der Waals surface area contributed by atoms with E-state index in [-0.39, 0.29) is 0 Å². The number of aromatic nitrogens is 1. The van der Waals surface area contributed by atoms with E-state index < -0.39 is 0 Å². The number of rotatable bonds is 5. The molecule has 4 heteroatoms. The lowest BCUT2D eigenvalue weighted by Crippen LogP contribution is -2.23. The van der Waals surface area contributed by atoms with Crippen LogP contribution in [0.4, 0.5) is 5.69 Å². The maximum Gasteiger partial charge on any atom is 0.193 e. The Morgan fingerprint density at radius 2 is 2.00 bits per heavy atom. The van der Waals surface area contributed by atoms with E-state index in [2.05, 4.69) is 64.0 Å². The van der Waals surface area contributed by atoms with Crippen LogP contribution in [0.2, 0.25) is 0 Å². The number of hydrogen-bond donors (Lipinski definition) is 3. The van der Waals surface area contributed by atoms with Crippen molar-refractivity contribution in [1.29, 1.82) is 0 Å². The Morgan fingerprint density at radius 3 is 2.96 bits per heavy atom. The molecule has 1 aliphatic rings. The summed E-state index contributed by atoms with van der Waals surface area (Å²) in [5, 5.41) is 4.52. The standard InChI is InChI=1S/C21H24N4/c22-21(25-18-11-10-15-5-3-6-16(15)13-18)23-12-4-7-17-14-24-20-9-2-1-8-19(17)20/h1-2,8-11,13-14,24H,3-7,12H2,(H3,22,23,25). The Hall–Kier alpha value is -2.75. The quantitative estimate of drug-likeness (QED) is 0.375. The van der Waals surface area contributed by atoms with Crippen molar-refractivity contribution in [2.75, 3.05) is 11.9 Å². The van der Waals surface area contributed by atoms with Crippen LogP contribution in [0, 0.1) is 0 Å². The van der Waals surface area contributed by atoms with E-state index in [0.29, 0.717) is 5.96 Å². The Balaban J connectivity index is 1.31. The van der Waals surface area contributed by atoms with E-state index >= 15 is 0 Å². The third kappa shape index (κ3) is 3.53. The number of nitrogens with zero attached hydrogens (tertiary/aromatic N) is 1. The summed E-state index contributed by atoms with van der Waals surface area (Å²) in [4.78, 5) is 7.78. The van der Waals surface area contributed by atoms with Gasteiger partial charge in [-0.15, -0.1) is 0 Å². The van der Waals surface area contributed by atoms with Crippen molar-refractivity contribution in [1.82, 2.24) is 4.98 Å². The van der Waals surface area contributed by atoms with Crippen LogP contribution in [0.5, 0.6) is 0 Å². The largest absolute Gasteiger partial charge is 0.370 e. The van der Waals surface area contributed by atoms with Gasteiger partial charge in [-0.2, -0.15) is 0 Å². The van der Waals surface area contributed by atoms with E-state index in [1.165, 1.54) is 46.9 Å². The van der Waals surface area contributed by atoms with Gasteiger partial charge < -0.3 is 16.0 Å². The SMILES string of the molecule is NC(=NCCCc1c[nH]c2ccccc12)Nc1ccc2c(c1)CCC2. The highest BCUT2D eigenvalue weighted by Crippen LogP contribution is 2.24. The summed E-state index contributed by atoms with van der Waals surface area (Å²) in [6, 6.07) is 14.9. The molecule has 0 spiro atoms. The normalized spacial score (nSPS) is 14.0. The maximum atomic E-state index is 6.03. The molecule has 0 bridgehead atoms. The molecular weight excluding hydrogens is 308 g/mol. The average Bonchev–Trinajstić information content (AvgIpc) is 3.25. The first kappa shape index (κ1) is 15.8. The second kappa shape index (κ2) is 7.01. The minimum Gasteiger partial charge on any atom is -0.370 e. The number of fused-ring (bicyclic) bond motifs is 2. The fourth-order valence-electron chi connectivity index (χ4n) is 3.64. The van der Waals surface area contributed by atoms with E-state index in [4.69, 9.17) is 5.73 Å². The fourth-order valence-corrected chi connectivity index (χ4v) is 3.64. The molecular formula is C21H24N4. The van der Waals surface area contributed by atoms with E-state index in [1.54, 1.807) is 0 Å². The molecule has 1 heterocycles. The van der Waals surface area contributed by atoms with Gasteiger partial charge in [0.25, 0.3) is 0 Å². The number of hydrogen-bond acceptors (Lipinski definition) is 1. The Bertz CT molecular complexity index is 907. The van der Waals surface area contributed by atoms with Gasteiger partial charge in [0, 0.05) is 29.3 Å². The number of H-pyrrole nitrogens is 1. The minimum atomic E-state index is 0.497. The van der Waals surface area contributed by atoms with Crippen LogP contribution >= 0.6 is 0 Å². The van der Waals surface area contributed by atoms with Crippen molar-refractivity contribution < 1.29 is 0 Å². The van der Waals surface area contributed by atoms with E-state index in [1.807, 2.05) is 0 Å². The van der Waals surface area contributed by atoms with Crippen LogP contribution in [-0.2, 0) is 19.3 Å². The molecule has 0 fully saturated rings. The number of guanidine groups is 1. The molecule has 0 amide bonds. The molecule has 128 valence electrons. The van der Waals surface area contributed by atoms with Gasteiger partial charge in [-0.3, -0.25) is 4.99 Å². The Kier molecular flexibility index (Phi) is 4.42. The molecule has 0 unspecified atom stereocenters. The van der Waals surface area contributed by atoms with Gasteiger partial charge in [-0.05, 0) is 67.0 Å². The highest BCUT2D eigenvalue weighted by Gasteiger charge is 2.10. The summed E-state index contributed by atoms with van der Waals surface area (Å²) < 4.78 is 0. The summed E-state index contributed by atoms with van der Waals surface area (Å²) in [6.07, 6.45) is 7.71. The van der Waals surface area contributed by atoms with Crippen LogP contribution < -0.4 is 11.1 Å². The lowest BCUT2D eigenvalue weighted by Gasteiger charge is -2.08. The number of aliphatic imine (C=N–C) groups is 1. The van der Waals surface area contributed by atoms with Gasteiger partial charge in [0.15, 0.2) is 5.96 Å². The summed E-state index contributed by atoms with van der Waals surface area (Å²) in [5.41, 5.74) is 12.5. The minimum absolute atomic E-state index is 0.497. The molecule has 1 aliphatic carbocycles. The van der Waals surface area contributed by atoms with Gasteiger partial charge in [0.05, 0.1) is 0 Å². The Morgan fingerprint density at radius 1 is 1.12 bits per heavy atom. The molecule has 0 radical (unpaired) electrons. The first-order valence-corrected chi connectivity index (χ1v) is 9.03. The van der Waals surface area contributed by atoms with Crippen LogP contribution in [-0.4, -0.2) is 17.5 Å². The fraction of sp³-hybridized carbons (Fsp3) is 0.286. The summed E-state index contributed by atoms with van der Waals surface area (Å²) in [5.74, 6) is 0.497. The number of aromatic amines is 1. The van der Waals surface area contributed by atoms with Gasteiger partial charge in [-0.1, -0.05) is 24.3 Å². The molecule has 0 saturated carbocycles. The third-order valence-electron chi connectivity index (χ3n) is 4.93. The summed E-state index contributed by atoms with van der Waals surface area (Å²) in [7, 11) is 0. The molecule has 0 atom stereocenters. The van der Waals surface area contributed by atoms with Crippen LogP contribution in [0.3, 0.4) is 0 Å². The van der Waals surface area contributed by atoms with Crippen LogP contribution in [0.1, 0.15) is 29.5 Å². The number of anilines is 1. The second-order valence-electron chi connectivity index (χ2n) is 6.69. The highest BCUT2D eigenvalue weighted by molar-refractivity contribution is 5.92. The molecule has 4 nitrogen and oxygen atoms in total. The highest BCUT2D eigenvalue weighted by atomic mass is 15.1. The third-order valence-corrected chi connectivity index (χ3v) is 4.93. The monoisotopic (exact) mass is 332 g/mol. The molecule has 4 rings (SSSR count). The van der Waals surface area contributed by atoms with Gasteiger partial charge >= 0.3 is 0 Å². The second-order valence-corrected chi connectivity index (χ2v) is 6.69. The predicted molar refractivity (Wildman–Crippen MR) is 105 cm³/mol. The molecule has 0 aliphatic heterocycles. The van der Waals surface area contributed by atoms with Crippen molar-refractivity contribution >= 4 is 22.5 Å². The average molecular weight is 332 g/mol. The molecule has 4 N–H and O–H groups in total. The van der Waals surface area contributed by atoms with Crippen LogP contribution in [0.15, 0.2) is 53.7 Å². The molecule has 1 aromatic heterocycles. The zero-order valence-electron chi connectivity index (χ0n) is 14.4. The number of para-hydroxylation sites is 1. The molecule has 2 aromatic carbocycles. The van der Waals surface area contributed by atoms with E-state index in [0.717, 1.165) is 25.1 Å². The summed E-state index contributed by atoms with van der Waals surface area (Å²) in [6.45, 7) is 0.725. The molecule has 25 heavy (non-hydrogen) atoms. The van der Waals surface area contributed by atoms with Crippen molar-refractivity contribution in [3.8, 4) is 0 Å². The number of nitrogens with one attached hydrogen (secondary N) is 2. The number of aryl methyl sites for hydroxylation is 3. The topological polar surface area (TPSA) is 66.2 Å². The van der Waals surface area contributed by atoms with Gasteiger partial charge in [0.1, 0.15) is 0 Å². The van der Waals surface area contributed by atoms with Crippen molar-refractivity contribution in [3.05, 3.63) is 65.4 Å². The first-order valence-electron chi connectivity index (χ1n) is 9.03. The van der Waals surface area contributed by atoms with Gasteiger partial charge in [-0.25, -0.2) is 0 Å². The zero-order valence-corrected chi connectivity index (χ0v) is 14.4. The van der Waals surface area contributed by atoms with Crippen molar-refractivity contribution in [2.24, 2.45) is 10.7 Å². The smallest absolute Gasteiger partial charge is 0.193 e. The maximum absolute atomic E-state index is 6.03. The molecule has 3 aromatic rings. The lowest BCUT2D eigenvalue weighted by atomic mass is 10.1. The van der Waals surface area contributed by atoms with Crippen molar-refractivity contribution in [3.63, 3.8) is 0 Å². The van der Waals surface area contributed by atoms with Gasteiger partial charge in [0.2, 0.25) is 0 Å². The number of benzene rings is 2. The van der Waals surface area contributed by atoms with Crippen LogP contribution in [0.25, 0.3) is 10.9 Å².